The van der Waals surface area contributed by atoms with Crippen LogP contribution in [0, 0.1) is 0 Å². The molecular weight excluding hydrogens is 632 g/mol. The van der Waals surface area contributed by atoms with Crippen molar-refractivity contribution in [3.05, 3.63) is 131 Å². The number of hydrogen-bond donors (Lipinski definition) is 3. The van der Waals surface area contributed by atoms with Gasteiger partial charge in [0.15, 0.2) is 0 Å². The summed E-state index contributed by atoms with van der Waals surface area (Å²) in [6, 6.07) is 32.3. The fourth-order valence-electron chi connectivity index (χ4n) is 6.27. The number of aliphatic hydroxyl groups is 1. The van der Waals surface area contributed by atoms with E-state index in [0.717, 1.165) is 28.7 Å². The van der Waals surface area contributed by atoms with Crippen LogP contribution in [0.1, 0.15) is 41.5 Å². The van der Waals surface area contributed by atoms with Gasteiger partial charge in [-0.1, -0.05) is 97.1 Å². The fourth-order valence-corrected chi connectivity index (χ4v) is 6.27. The van der Waals surface area contributed by atoms with Gasteiger partial charge in [0, 0.05) is 24.3 Å². The molecule has 256 valence electrons. The molecule has 0 unspecified atom stereocenters. The standard InChI is InChI=1S/C40H40N4O6/c45-34-25-36(44(26-34)40(49)50-27-31-10-5-2-6-11-31)39(48)42-33-21-17-29(18-22-33)14-13-28-15-19-32(20-16-28)41-38(47)35-12-7-23-43(35)37(46)24-30-8-3-1-4-9-30/h1-6,8-11,13-22,34-36,45H,7,12,23-27H2,(H,41,47)(H,42,48)/t34-,35+,36+/m1/s1. The lowest BCUT2D eigenvalue weighted by atomic mass is 10.1. The van der Waals surface area contributed by atoms with Crippen molar-refractivity contribution in [1.29, 1.82) is 0 Å². The third-order valence-corrected chi connectivity index (χ3v) is 8.92. The molecule has 4 aromatic carbocycles. The molecule has 0 bridgehead atoms. The number of nitrogens with one attached hydrogen (secondary N) is 2. The van der Waals surface area contributed by atoms with Crippen LogP contribution in [0.2, 0.25) is 0 Å². The highest BCUT2D eigenvalue weighted by Gasteiger charge is 2.40. The molecule has 10 heteroatoms. The average molecular weight is 673 g/mol. The van der Waals surface area contributed by atoms with Crippen LogP contribution in [-0.2, 0) is 32.1 Å². The van der Waals surface area contributed by atoms with Crippen molar-refractivity contribution in [2.24, 2.45) is 0 Å². The van der Waals surface area contributed by atoms with Gasteiger partial charge in [0.1, 0.15) is 18.7 Å². The summed E-state index contributed by atoms with van der Waals surface area (Å²) in [5.74, 6) is -0.617. The maximum atomic E-state index is 13.1. The highest BCUT2D eigenvalue weighted by Crippen LogP contribution is 2.23. The summed E-state index contributed by atoms with van der Waals surface area (Å²) in [7, 11) is 0. The maximum Gasteiger partial charge on any atom is 0.410 e. The number of nitrogens with zero attached hydrogens (tertiary/aromatic N) is 2. The van der Waals surface area contributed by atoms with E-state index in [4.69, 9.17) is 4.74 Å². The summed E-state index contributed by atoms with van der Waals surface area (Å²) in [6.45, 7) is 0.683. The van der Waals surface area contributed by atoms with Crippen molar-refractivity contribution in [1.82, 2.24) is 9.80 Å². The zero-order chi connectivity index (χ0) is 34.9. The molecule has 10 nitrogen and oxygen atoms in total. The first-order chi connectivity index (χ1) is 24.3. The third-order valence-electron chi connectivity index (χ3n) is 8.92. The van der Waals surface area contributed by atoms with Gasteiger partial charge in [-0.05, 0) is 59.4 Å². The Morgan fingerprint density at radius 1 is 0.700 bits per heavy atom. The maximum absolute atomic E-state index is 13.1. The SMILES string of the molecule is O=C(Nc1ccc(C=Cc2ccc(NC(=O)[C@@H]3C[C@@H](O)CN3C(=O)OCc3ccccc3)cc2)cc1)[C@@H]1CCCN1C(=O)Cc1ccccc1. The lowest BCUT2D eigenvalue weighted by Crippen LogP contribution is -2.43. The summed E-state index contributed by atoms with van der Waals surface area (Å²) in [5, 5.41) is 16.0. The van der Waals surface area contributed by atoms with Gasteiger partial charge in [-0.15, -0.1) is 0 Å². The molecule has 50 heavy (non-hydrogen) atoms. The molecule has 0 spiro atoms. The molecule has 0 radical (unpaired) electrons. The van der Waals surface area contributed by atoms with Crippen LogP contribution < -0.4 is 10.6 Å². The van der Waals surface area contributed by atoms with E-state index in [-0.39, 0.29) is 37.8 Å². The summed E-state index contributed by atoms with van der Waals surface area (Å²) < 4.78 is 5.40. The van der Waals surface area contributed by atoms with E-state index in [1.54, 1.807) is 17.0 Å². The number of carbonyl (C=O) groups excluding carboxylic acids is 4. The number of amides is 4. The van der Waals surface area contributed by atoms with E-state index < -0.39 is 30.2 Å². The van der Waals surface area contributed by atoms with Crippen molar-refractivity contribution in [2.75, 3.05) is 23.7 Å². The smallest absolute Gasteiger partial charge is 0.410 e. The number of likely N-dealkylation sites (tertiary alicyclic amines) is 2. The molecule has 2 saturated heterocycles. The molecule has 2 heterocycles. The highest BCUT2D eigenvalue weighted by molar-refractivity contribution is 5.98. The van der Waals surface area contributed by atoms with Crippen molar-refractivity contribution in [2.45, 2.75) is 50.5 Å². The van der Waals surface area contributed by atoms with Crippen LogP contribution in [0.25, 0.3) is 12.2 Å². The van der Waals surface area contributed by atoms with Gasteiger partial charge in [-0.25, -0.2) is 4.79 Å². The quantitative estimate of drug-likeness (QED) is 0.185. The topological polar surface area (TPSA) is 128 Å². The predicted molar refractivity (Wildman–Crippen MR) is 192 cm³/mol. The normalized spacial score (nSPS) is 18.6. The molecule has 2 fully saturated rings. The molecule has 0 aromatic heterocycles. The number of aliphatic hydroxyl groups excluding tert-OH is 1. The number of carbonyl (C=O) groups is 4. The first-order valence-electron chi connectivity index (χ1n) is 16.8. The Balaban J connectivity index is 0.983. The van der Waals surface area contributed by atoms with E-state index in [1.807, 2.05) is 109 Å². The lowest BCUT2D eigenvalue weighted by Gasteiger charge is -2.24. The molecule has 3 N–H and O–H groups in total. The number of β-amino-alcohol motifs (C(OH)–C–C–N with tert-alkyl or cyclic N) is 1. The molecule has 4 aromatic rings. The minimum atomic E-state index is -0.847. The van der Waals surface area contributed by atoms with E-state index >= 15 is 0 Å². The Labute approximate surface area is 291 Å². The molecule has 0 saturated carbocycles. The second kappa shape index (κ2) is 16.1. The van der Waals surface area contributed by atoms with Crippen LogP contribution in [0.3, 0.4) is 0 Å². The van der Waals surface area contributed by atoms with Gasteiger partial charge >= 0.3 is 6.09 Å². The van der Waals surface area contributed by atoms with Crippen molar-refractivity contribution in [3.63, 3.8) is 0 Å². The van der Waals surface area contributed by atoms with Crippen LogP contribution >= 0.6 is 0 Å². The number of rotatable bonds is 10. The average Bonchev–Trinajstić information content (AvgIpc) is 3.80. The second-order valence-corrected chi connectivity index (χ2v) is 12.6. The Morgan fingerprint density at radius 3 is 1.82 bits per heavy atom. The van der Waals surface area contributed by atoms with Crippen molar-refractivity contribution < 1.29 is 29.0 Å². The van der Waals surface area contributed by atoms with E-state index in [0.29, 0.717) is 24.3 Å². The Kier molecular flexibility index (Phi) is 11.0. The second-order valence-electron chi connectivity index (χ2n) is 12.6. The number of benzene rings is 4. The molecule has 4 amide bonds. The Bertz CT molecular complexity index is 1810. The minimum Gasteiger partial charge on any atom is -0.445 e. The van der Waals surface area contributed by atoms with Crippen LogP contribution in [0.15, 0.2) is 109 Å². The van der Waals surface area contributed by atoms with E-state index in [9.17, 15) is 24.3 Å². The molecular formula is C40H40N4O6. The largest absolute Gasteiger partial charge is 0.445 e. The van der Waals surface area contributed by atoms with Crippen LogP contribution in [0.5, 0.6) is 0 Å². The Morgan fingerprint density at radius 2 is 1.24 bits per heavy atom. The summed E-state index contributed by atoms with van der Waals surface area (Å²) in [6.07, 6.45) is 4.26. The molecule has 2 aliphatic rings. The highest BCUT2D eigenvalue weighted by atomic mass is 16.6. The zero-order valence-electron chi connectivity index (χ0n) is 27.6. The lowest BCUT2D eigenvalue weighted by molar-refractivity contribution is -0.136. The summed E-state index contributed by atoms with van der Waals surface area (Å²) in [4.78, 5) is 54.8. The molecule has 0 aliphatic carbocycles. The van der Waals surface area contributed by atoms with Crippen molar-refractivity contribution >= 4 is 47.3 Å². The van der Waals surface area contributed by atoms with Gasteiger partial charge in [-0.2, -0.15) is 0 Å². The number of ether oxygens (including phenoxy) is 1. The number of anilines is 2. The predicted octanol–water partition coefficient (Wildman–Crippen LogP) is 5.74. The number of hydrogen-bond acceptors (Lipinski definition) is 6. The first kappa shape index (κ1) is 34.1. The minimum absolute atomic E-state index is 0.0259. The molecule has 3 atom stereocenters. The van der Waals surface area contributed by atoms with E-state index in [1.165, 1.54) is 4.90 Å². The van der Waals surface area contributed by atoms with Gasteiger partial charge < -0.3 is 25.4 Å². The fraction of sp³-hybridized carbons (Fsp3) is 0.250. The monoisotopic (exact) mass is 672 g/mol. The van der Waals surface area contributed by atoms with E-state index in [2.05, 4.69) is 10.6 Å². The van der Waals surface area contributed by atoms with Crippen LogP contribution in [0.4, 0.5) is 16.2 Å². The zero-order valence-corrected chi connectivity index (χ0v) is 27.6. The summed E-state index contributed by atoms with van der Waals surface area (Å²) in [5.41, 5.74) is 4.82. The van der Waals surface area contributed by atoms with Crippen molar-refractivity contribution in [3.8, 4) is 0 Å². The van der Waals surface area contributed by atoms with Gasteiger partial charge in [0.05, 0.1) is 19.1 Å². The van der Waals surface area contributed by atoms with Gasteiger partial charge in [0.2, 0.25) is 17.7 Å². The molecule has 6 rings (SSSR count). The van der Waals surface area contributed by atoms with Gasteiger partial charge in [0.25, 0.3) is 0 Å². The van der Waals surface area contributed by atoms with Gasteiger partial charge in [-0.3, -0.25) is 19.3 Å². The Hall–Kier alpha value is -5.74. The molecule has 2 aliphatic heterocycles. The summed E-state index contributed by atoms with van der Waals surface area (Å²) >= 11 is 0. The van der Waals surface area contributed by atoms with Crippen LogP contribution in [-0.4, -0.2) is 70.0 Å². The third kappa shape index (κ3) is 8.83. The first-order valence-corrected chi connectivity index (χ1v) is 16.8.